The third-order valence-corrected chi connectivity index (χ3v) is 4.48. The number of rotatable bonds is 6. The predicted octanol–water partition coefficient (Wildman–Crippen LogP) is 4.33. The molecule has 0 aliphatic heterocycles. The van der Waals surface area contributed by atoms with E-state index in [1.54, 1.807) is 0 Å². The van der Waals surface area contributed by atoms with E-state index >= 15 is 0 Å². The van der Waals surface area contributed by atoms with Crippen molar-refractivity contribution in [2.24, 2.45) is 0 Å². The number of aromatic nitrogens is 3. The first kappa shape index (κ1) is 17.2. The number of thioether (sulfide) groups is 1. The van der Waals surface area contributed by atoms with Gasteiger partial charge in [0.15, 0.2) is 0 Å². The van der Waals surface area contributed by atoms with Gasteiger partial charge in [-0.25, -0.2) is 4.98 Å². The van der Waals surface area contributed by atoms with Gasteiger partial charge in [0.25, 0.3) is 0 Å². The Bertz CT molecular complexity index is 828. The molecule has 0 aliphatic carbocycles. The van der Waals surface area contributed by atoms with Gasteiger partial charge in [0, 0.05) is 11.6 Å². The molecule has 0 unspecified atom stereocenters. The number of carbonyl (C=O) groups excluding carboxylic acids is 1. The van der Waals surface area contributed by atoms with E-state index < -0.39 is 0 Å². The zero-order valence-corrected chi connectivity index (χ0v) is 15.0. The number of hydrogen-bond acceptors (Lipinski definition) is 4. The third kappa shape index (κ3) is 4.70. The van der Waals surface area contributed by atoms with Crippen LogP contribution in [0.2, 0.25) is 0 Å². The number of H-pyrrole nitrogens is 1. The van der Waals surface area contributed by atoms with Gasteiger partial charge in [-0.2, -0.15) is 0 Å². The summed E-state index contributed by atoms with van der Waals surface area (Å²) in [4.78, 5) is 16.4. The molecule has 3 aromatic rings. The molecule has 1 heterocycles. The number of amides is 1. The van der Waals surface area contributed by atoms with Crippen LogP contribution in [0.3, 0.4) is 0 Å². The van der Waals surface area contributed by atoms with Crippen molar-refractivity contribution in [1.29, 1.82) is 0 Å². The zero-order valence-electron chi connectivity index (χ0n) is 14.2. The monoisotopic (exact) mass is 352 g/mol. The SMILES string of the molecule is CC(C)c1nc(SCC(=O)Nc2ccc(-c3ccccc3)cc2)n[nH]1. The van der Waals surface area contributed by atoms with E-state index in [2.05, 4.69) is 32.6 Å². The smallest absolute Gasteiger partial charge is 0.234 e. The van der Waals surface area contributed by atoms with E-state index in [4.69, 9.17) is 0 Å². The second-order valence-electron chi connectivity index (χ2n) is 5.94. The van der Waals surface area contributed by atoms with Gasteiger partial charge in [0.2, 0.25) is 11.1 Å². The Morgan fingerprint density at radius 3 is 2.40 bits per heavy atom. The Hall–Kier alpha value is -2.60. The number of anilines is 1. The Morgan fingerprint density at radius 2 is 1.76 bits per heavy atom. The fraction of sp³-hybridized carbons (Fsp3) is 0.211. The molecular weight excluding hydrogens is 332 g/mol. The third-order valence-electron chi connectivity index (χ3n) is 3.64. The van der Waals surface area contributed by atoms with E-state index in [1.807, 2.05) is 56.3 Å². The van der Waals surface area contributed by atoms with Crippen LogP contribution >= 0.6 is 11.8 Å². The van der Waals surface area contributed by atoms with Crippen molar-refractivity contribution in [1.82, 2.24) is 15.2 Å². The molecule has 0 spiro atoms. The number of carbonyl (C=O) groups is 1. The summed E-state index contributed by atoms with van der Waals surface area (Å²) >= 11 is 1.32. The first-order valence-corrected chi connectivity index (χ1v) is 9.11. The van der Waals surface area contributed by atoms with Crippen LogP contribution in [0.1, 0.15) is 25.6 Å². The highest BCUT2D eigenvalue weighted by Crippen LogP contribution is 2.21. The molecular formula is C19H20N4OS. The highest BCUT2D eigenvalue weighted by atomic mass is 32.2. The number of hydrogen-bond donors (Lipinski definition) is 2. The molecule has 1 amide bonds. The molecule has 0 aliphatic rings. The average Bonchev–Trinajstić information content (AvgIpc) is 3.11. The van der Waals surface area contributed by atoms with Crippen LogP contribution in [-0.2, 0) is 4.79 Å². The Kier molecular flexibility index (Phi) is 5.50. The van der Waals surface area contributed by atoms with Crippen molar-refractivity contribution in [2.45, 2.75) is 24.9 Å². The molecule has 2 aromatic carbocycles. The maximum atomic E-state index is 12.1. The second-order valence-corrected chi connectivity index (χ2v) is 6.88. The highest BCUT2D eigenvalue weighted by Gasteiger charge is 2.10. The van der Waals surface area contributed by atoms with E-state index in [0.717, 1.165) is 22.6 Å². The lowest BCUT2D eigenvalue weighted by Crippen LogP contribution is -2.14. The first-order valence-electron chi connectivity index (χ1n) is 8.12. The summed E-state index contributed by atoms with van der Waals surface area (Å²) in [7, 11) is 0. The lowest BCUT2D eigenvalue weighted by atomic mass is 10.1. The maximum absolute atomic E-state index is 12.1. The second kappa shape index (κ2) is 7.98. The van der Waals surface area contributed by atoms with E-state index in [9.17, 15) is 4.79 Å². The van der Waals surface area contributed by atoms with Gasteiger partial charge in [-0.3, -0.25) is 9.89 Å². The number of aromatic amines is 1. The van der Waals surface area contributed by atoms with Gasteiger partial charge in [0.05, 0.1) is 5.75 Å². The summed E-state index contributed by atoms with van der Waals surface area (Å²) in [6.45, 7) is 4.08. The largest absolute Gasteiger partial charge is 0.325 e. The average molecular weight is 352 g/mol. The minimum Gasteiger partial charge on any atom is -0.325 e. The molecule has 2 N–H and O–H groups in total. The Morgan fingerprint density at radius 1 is 1.08 bits per heavy atom. The Balaban J connectivity index is 1.54. The molecule has 0 atom stereocenters. The molecule has 0 saturated heterocycles. The molecule has 0 bridgehead atoms. The van der Waals surface area contributed by atoms with Crippen LogP contribution < -0.4 is 5.32 Å². The summed E-state index contributed by atoms with van der Waals surface area (Å²) in [5, 5.41) is 10.5. The summed E-state index contributed by atoms with van der Waals surface area (Å²) in [6.07, 6.45) is 0. The molecule has 0 fully saturated rings. The number of nitrogens with zero attached hydrogens (tertiary/aromatic N) is 2. The molecule has 5 nitrogen and oxygen atoms in total. The summed E-state index contributed by atoms with van der Waals surface area (Å²) in [6, 6.07) is 18.0. The minimum atomic E-state index is -0.0756. The summed E-state index contributed by atoms with van der Waals surface area (Å²) < 4.78 is 0. The molecule has 0 saturated carbocycles. The fourth-order valence-corrected chi connectivity index (χ4v) is 2.89. The summed E-state index contributed by atoms with van der Waals surface area (Å²) in [5.74, 6) is 1.32. The lowest BCUT2D eigenvalue weighted by Gasteiger charge is -2.06. The van der Waals surface area contributed by atoms with Gasteiger partial charge < -0.3 is 5.32 Å². The van der Waals surface area contributed by atoms with Gasteiger partial charge in [-0.15, -0.1) is 5.10 Å². The molecule has 6 heteroatoms. The maximum Gasteiger partial charge on any atom is 0.234 e. The van der Waals surface area contributed by atoms with Crippen molar-refractivity contribution in [3.63, 3.8) is 0 Å². The number of benzene rings is 2. The van der Waals surface area contributed by atoms with Crippen molar-refractivity contribution < 1.29 is 4.79 Å². The van der Waals surface area contributed by atoms with Crippen LogP contribution in [0.4, 0.5) is 5.69 Å². The molecule has 25 heavy (non-hydrogen) atoms. The first-order chi connectivity index (χ1) is 12.1. The lowest BCUT2D eigenvalue weighted by molar-refractivity contribution is -0.113. The zero-order chi connectivity index (χ0) is 17.6. The van der Waals surface area contributed by atoms with Gasteiger partial charge in [-0.1, -0.05) is 68.1 Å². The van der Waals surface area contributed by atoms with Gasteiger partial charge in [-0.05, 0) is 23.3 Å². The molecule has 0 radical (unpaired) electrons. The minimum absolute atomic E-state index is 0.0756. The topological polar surface area (TPSA) is 70.7 Å². The molecule has 1 aromatic heterocycles. The fourth-order valence-electron chi connectivity index (χ4n) is 2.28. The Labute approximate surface area is 151 Å². The predicted molar refractivity (Wildman–Crippen MR) is 102 cm³/mol. The summed E-state index contributed by atoms with van der Waals surface area (Å²) in [5.41, 5.74) is 3.06. The van der Waals surface area contributed by atoms with Gasteiger partial charge >= 0.3 is 0 Å². The van der Waals surface area contributed by atoms with Crippen molar-refractivity contribution in [3.8, 4) is 11.1 Å². The van der Waals surface area contributed by atoms with Crippen LogP contribution in [0.5, 0.6) is 0 Å². The van der Waals surface area contributed by atoms with E-state index in [0.29, 0.717) is 11.1 Å². The van der Waals surface area contributed by atoms with Crippen LogP contribution in [-0.4, -0.2) is 26.8 Å². The number of nitrogens with one attached hydrogen (secondary N) is 2. The van der Waals surface area contributed by atoms with Crippen molar-refractivity contribution in [2.75, 3.05) is 11.1 Å². The molecule has 3 rings (SSSR count). The quantitative estimate of drug-likeness (QED) is 0.648. The van der Waals surface area contributed by atoms with Crippen molar-refractivity contribution in [3.05, 3.63) is 60.4 Å². The van der Waals surface area contributed by atoms with Crippen LogP contribution in [0.25, 0.3) is 11.1 Å². The highest BCUT2D eigenvalue weighted by molar-refractivity contribution is 7.99. The normalized spacial score (nSPS) is 10.8. The van der Waals surface area contributed by atoms with Crippen LogP contribution in [0.15, 0.2) is 59.8 Å². The van der Waals surface area contributed by atoms with Gasteiger partial charge in [0.1, 0.15) is 5.82 Å². The van der Waals surface area contributed by atoms with E-state index in [-0.39, 0.29) is 11.7 Å². The van der Waals surface area contributed by atoms with Crippen molar-refractivity contribution >= 4 is 23.4 Å². The van der Waals surface area contributed by atoms with E-state index in [1.165, 1.54) is 11.8 Å². The standard InChI is InChI=1S/C19H20N4OS/c1-13(2)18-21-19(23-22-18)25-12-17(24)20-16-10-8-15(9-11-16)14-6-4-3-5-7-14/h3-11,13H,12H2,1-2H3,(H,20,24)(H,21,22,23). The molecule has 128 valence electrons. The van der Waals surface area contributed by atoms with Crippen LogP contribution in [0, 0.1) is 0 Å².